The van der Waals surface area contributed by atoms with E-state index in [2.05, 4.69) is 10.6 Å². The number of rotatable bonds is 4. The molecule has 1 atom stereocenters. The summed E-state index contributed by atoms with van der Waals surface area (Å²) in [7, 11) is 0. The van der Waals surface area contributed by atoms with Crippen LogP contribution in [0.15, 0.2) is 48.5 Å². The lowest BCUT2D eigenvalue weighted by atomic mass is 10.1. The Kier molecular flexibility index (Phi) is 5.51. The van der Waals surface area contributed by atoms with E-state index in [0.717, 1.165) is 6.42 Å². The number of hydrogen-bond acceptors (Lipinski definition) is 2. The van der Waals surface area contributed by atoms with E-state index in [9.17, 15) is 14.0 Å². The number of para-hydroxylation sites is 1. The second-order valence-electron chi connectivity index (χ2n) is 6.45. The SMILES string of the molecule is Cc1ccc(CNC(=O)N2CCCC2C(=O)Nc2ccccc2)cc1F. The maximum Gasteiger partial charge on any atom is 0.318 e. The summed E-state index contributed by atoms with van der Waals surface area (Å²) in [5, 5.41) is 5.62. The third kappa shape index (κ3) is 4.20. The fourth-order valence-electron chi connectivity index (χ4n) is 3.05. The molecule has 2 N–H and O–H groups in total. The van der Waals surface area contributed by atoms with E-state index in [1.165, 1.54) is 6.07 Å². The zero-order valence-electron chi connectivity index (χ0n) is 14.7. The normalized spacial score (nSPS) is 16.4. The number of likely N-dealkylation sites (tertiary alicyclic amines) is 1. The van der Waals surface area contributed by atoms with Crippen molar-refractivity contribution in [1.82, 2.24) is 10.2 Å². The molecule has 0 radical (unpaired) electrons. The number of halogens is 1. The highest BCUT2D eigenvalue weighted by Crippen LogP contribution is 2.19. The second kappa shape index (κ2) is 7.99. The lowest BCUT2D eigenvalue weighted by Crippen LogP contribution is -2.47. The monoisotopic (exact) mass is 355 g/mol. The summed E-state index contributed by atoms with van der Waals surface area (Å²) in [6.07, 6.45) is 1.41. The van der Waals surface area contributed by atoms with Gasteiger partial charge >= 0.3 is 6.03 Å². The Morgan fingerprint density at radius 3 is 2.69 bits per heavy atom. The van der Waals surface area contributed by atoms with E-state index < -0.39 is 6.04 Å². The van der Waals surface area contributed by atoms with Crippen LogP contribution in [0.2, 0.25) is 0 Å². The van der Waals surface area contributed by atoms with E-state index in [-0.39, 0.29) is 24.3 Å². The van der Waals surface area contributed by atoms with Crippen molar-refractivity contribution < 1.29 is 14.0 Å². The minimum atomic E-state index is -0.495. The van der Waals surface area contributed by atoms with E-state index in [1.807, 2.05) is 30.3 Å². The van der Waals surface area contributed by atoms with Gasteiger partial charge in [0.05, 0.1) is 0 Å². The lowest BCUT2D eigenvalue weighted by Gasteiger charge is -2.24. The third-order valence-corrected chi connectivity index (χ3v) is 4.54. The standard InChI is InChI=1S/C20H22FN3O2/c1-14-9-10-15(12-17(14)21)13-22-20(26)24-11-5-8-18(24)19(25)23-16-6-3-2-4-7-16/h2-4,6-7,9-10,12,18H,5,8,11,13H2,1H3,(H,22,26)(H,23,25). The summed E-state index contributed by atoms with van der Waals surface area (Å²) in [4.78, 5) is 26.5. The Hall–Kier alpha value is -2.89. The average molecular weight is 355 g/mol. The molecule has 0 spiro atoms. The van der Waals surface area contributed by atoms with Crippen LogP contribution in [0.5, 0.6) is 0 Å². The minimum Gasteiger partial charge on any atom is -0.334 e. The van der Waals surface area contributed by atoms with E-state index >= 15 is 0 Å². The summed E-state index contributed by atoms with van der Waals surface area (Å²) in [5.41, 5.74) is 1.96. The maximum atomic E-state index is 13.6. The summed E-state index contributed by atoms with van der Waals surface area (Å²) in [5.74, 6) is -0.483. The van der Waals surface area contributed by atoms with Crippen molar-refractivity contribution in [3.05, 3.63) is 65.5 Å². The van der Waals surface area contributed by atoms with Crippen LogP contribution in [-0.2, 0) is 11.3 Å². The Morgan fingerprint density at radius 1 is 1.19 bits per heavy atom. The predicted octanol–water partition coefficient (Wildman–Crippen LogP) is 3.45. The number of carbonyl (C=O) groups excluding carboxylic acids is 2. The Labute approximate surface area is 152 Å². The van der Waals surface area contributed by atoms with Crippen molar-refractivity contribution in [2.24, 2.45) is 0 Å². The molecule has 136 valence electrons. The number of aryl methyl sites for hydroxylation is 1. The number of carbonyl (C=O) groups is 2. The molecular weight excluding hydrogens is 333 g/mol. The molecule has 5 nitrogen and oxygen atoms in total. The van der Waals surface area contributed by atoms with Gasteiger partial charge in [-0.15, -0.1) is 0 Å². The van der Waals surface area contributed by atoms with Crippen LogP contribution < -0.4 is 10.6 Å². The van der Waals surface area contributed by atoms with Crippen molar-refractivity contribution in [3.8, 4) is 0 Å². The Balaban J connectivity index is 1.59. The predicted molar refractivity (Wildman–Crippen MR) is 98.2 cm³/mol. The van der Waals surface area contributed by atoms with Crippen molar-refractivity contribution in [3.63, 3.8) is 0 Å². The maximum absolute atomic E-state index is 13.6. The summed E-state index contributed by atoms with van der Waals surface area (Å²) in [6.45, 7) is 2.44. The molecule has 0 bridgehead atoms. The minimum absolute atomic E-state index is 0.190. The highest BCUT2D eigenvalue weighted by molar-refractivity contribution is 5.97. The number of hydrogen-bond donors (Lipinski definition) is 2. The molecule has 1 unspecified atom stereocenters. The largest absolute Gasteiger partial charge is 0.334 e. The fourth-order valence-corrected chi connectivity index (χ4v) is 3.05. The number of nitrogens with zero attached hydrogens (tertiary/aromatic N) is 1. The molecule has 1 saturated heterocycles. The van der Waals surface area contributed by atoms with Crippen molar-refractivity contribution in [1.29, 1.82) is 0 Å². The van der Waals surface area contributed by atoms with Gasteiger partial charge in [-0.2, -0.15) is 0 Å². The van der Waals surface area contributed by atoms with Gasteiger partial charge in [0.1, 0.15) is 11.9 Å². The highest BCUT2D eigenvalue weighted by Gasteiger charge is 2.34. The van der Waals surface area contributed by atoms with Gasteiger partial charge in [0.15, 0.2) is 0 Å². The number of urea groups is 1. The summed E-state index contributed by atoms with van der Waals surface area (Å²) in [6, 6.07) is 13.3. The van der Waals surface area contributed by atoms with Gasteiger partial charge in [0, 0.05) is 18.8 Å². The van der Waals surface area contributed by atoms with Crippen molar-refractivity contribution in [2.45, 2.75) is 32.4 Å². The van der Waals surface area contributed by atoms with Crippen LogP contribution in [0.3, 0.4) is 0 Å². The number of benzene rings is 2. The molecule has 0 aromatic heterocycles. The second-order valence-corrected chi connectivity index (χ2v) is 6.45. The van der Waals surface area contributed by atoms with Gasteiger partial charge in [0.25, 0.3) is 0 Å². The van der Waals surface area contributed by atoms with Gasteiger partial charge in [-0.25, -0.2) is 9.18 Å². The van der Waals surface area contributed by atoms with Crippen molar-refractivity contribution in [2.75, 3.05) is 11.9 Å². The van der Waals surface area contributed by atoms with Crippen LogP contribution in [0.25, 0.3) is 0 Å². The zero-order valence-corrected chi connectivity index (χ0v) is 14.7. The molecule has 3 rings (SSSR count). The number of amides is 3. The molecular formula is C20H22FN3O2. The van der Waals surface area contributed by atoms with Crippen LogP contribution in [-0.4, -0.2) is 29.4 Å². The highest BCUT2D eigenvalue weighted by atomic mass is 19.1. The van der Waals surface area contributed by atoms with Crippen LogP contribution in [0, 0.1) is 12.7 Å². The van der Waals surface area contributed by atoms with Crippen LogP contribution in [0.1, 0.15) is 24.0 Å². The van der Waals surface area contributed by atoms with E-state index in [4.69, 9.17) is 0 Å². The first-order chi connectivity index (χ1) is 12.5. The van der Waals surface area contributed by atoms with Gasteiger partial charge in [-0.3, -0.25) is 4.79 Å². The molecule has 6 heteroatoms. The number of nitrogens with one attached hydrogen (secondary N) is 2. The first-order valence-corrected chi connectivity index (χ1v) is 8.70. The molecule has 2 aromatic rings. The fraction of sp³-hybridized carbons (Fsp3) is 0.300. The molecule has 1 aliphatic heterocycles. The van der Waals surface area contributed by atoms with Gasteiger partial charge in [0.2, 0.25) is 5.91 Å². The molecule has 0 aliphatic carbocycles. The molecule has 3 amide bonds. The van der Waals surface area contributed by atoms with Crippen LogP contribution >= 0.6 is 0 Å². The van der Waals surface area contributed by atoms with Crippen LogP contribution in [0.4, 0.5) is 14.9 Å². The van der Waals surface area contributed by atoms with Crippen molar-refractivity contribution >= 4 is 17.6 Å². The topological polar surface area (TPSA) is 61.4 Å². The van der Waals surface area contributed by atoms with Gasteiger partial charge < -0.3 is 15.5 Å². The van der Waals surface area contributed by atoms with E-state index in [0.29, 0.717) is 29.8 Å². The first kappa shape index (κ1) is 17.9. The van der Waals surface area contributed by atoms with Gasteiger partial charge in [-0.05, 0) is 49.1 Å². The summed E-state index contributed by atoms with van der Waals surface area (Å²) < 4.78 is 13.6. The first-order valence-electron chi connectivity index (χ1n) is 8.70. The summed E-state index contributed by atoms with van der Waals surface area (Å²) >= 11 is 0. The molecule has 1 fully saturated rings. The Morgan fingerprint density at radius 2 is 1.96 bits per heavy atom. The van der Waals surface area contributed by atoms with E-state index in [1.54, 1.807) is 24.0 Å². The quantitative estimate of drug-likeness (QED) is 0.882. The molecule has 2 aromatic carbocycles. The average Bonchev–Trinajstić information content (AvgIpc) is 3.13. The smallest absolute Gasteiger partial charge is 0.318 e. The molecule has 1 aliphatic rings. The molecule has 1 heterocycles. The number of anilines is 1. The van der Waals surface area contributed by atoms with Gasteiger partial charge in [-0.1, -0.05) is 30.3 Å². The zero-order chi connectivity index (χ0) is 18.5. The molecule has 26 heavy (non-hydrogen) atoms. The molecule has 0 saturated carbocycles. The lowest BCUT2D eigenvalue weighted by molar-refractivity contribution is -0.119. The Bertz CT molecular complexity index is 795. The third-order valence-electron chi connectivity index (χ3n) is 4.54.